The van der Waals surface area contributed by atoms with E-state index in [1.54, 1.807) is 23.7 Å². The van der Waals surface area contributed by atoms with E-state index in [-0.39, 0.29) is 12.0 Å². The Kier molecular flexibility index (Phi) is 3.97. The molecule has 20 heavy (non-hydrogen) atoms. The van der Waals surface area contributed by atoms with Crippen molar-refractivity contribution < 1.29 is 9.53 Å². The summed E-state index contributed by atoms with van der Waals surface area (Å²) in [4.78, 5) is 19.2. The Labute approximate surface area is 122 Å². The molecule has 0 radical (unpaired) electrons. The fourth-order valence-electron chi connectivity index (χ4n) is 2.33. The first-order chi connectivity index (χ1) is 9.81. The molecule has 0 N–H and O–H groups in total. The summed E-state index contributed by atoms with van der Waals surface area (Å²) in [6.45, 7) is 1.44. The van der Waals surface area contributed by atoms with Gasteiger partial charge in [0.05, 0.1) is 19.2 Å². The van der Waals surface area contributed by atoms with Gasteiger partial charge < -0.3 is 9.64 Å². The smallest absolute Gasteiger partial charge is 0.227 e. The molecule has 0 bridgehead atoms. The number of amides is 1. The number of aromatic nitrogens is 1. The Morgan fingerprint density at radius 2 is 2.40 bits per heavy atom. The van der Waals surface area contributed by atoms with E-state index in [1.807, 2.05) is 34.5 Å². The fraction of sp³-hybridized carbons (Fsp3) is 0.333. The van der Waals surface area contributed by atoms with Crippen LogP contribution in [0.15, 0.2) is 42.0 Å². The van der Waals surface area contributed by atoms with E-state index < -0.39 is 0 Å². The number of carbonyl (C=O) groups excluding carboxylic acids is 1. The van der Waals surface area contributed by atoms with Gasteiger partial charge in [-0.05, 0) is 23.6 Å². The Balaban J connectivity index is 1.53. The molecule has 3 rings (SSSR count). The van der Waals surface area contributed by atoms with Gasteiger partial charge in [-0.2, -0.15) is 0 Å². The summed E-state index contributed by atoms with van der Waals surface area (Å²) < 4.78 is 5.84. The third-order valence-electron chi connectivity index (χ3n) is 3.34. The van der Waals surface area contributed by atoms with Crippen molar-refractivity contribution in [2.45, 2.75) is 18.9 Å². The number of hydrogen-bond acceptors (Lipinski definition) is 4. The monoisotopic (exact) mass is 288 g/mol. The van der Waals surface area contributed by atoms with Gasteiger partial charge in [-0.15, -0.1) is 11.3 Å². The zero-order valence-corrected chi connectivity index (χ0v) is 11.9. The van der Waals surface area contributed by atoms with E-state index >= 15 is 0 Å². The number of thiophene rings is 1. The molecule has 1 aliphatic rings. The van der Waals surface area contributed by atoms with Crippen molar-refractivity contribution in [3.05, 3.63) is 46.9 Å². The van der Waals surface area contributed by atoms with Crippen LogP contribution in [0, 0.1) is 0 Å². The van der Waals surface area contributed by atoms with E-state index in [0.717, 1.165) is 23.6 Å². The lowest BCUT2D eigenvalue weighted by Crippen LogP contribution is -2.31. The molecule has 4 nitrogen and oxygen atoms in total. The summed E-state index contributed by atoms with van der Waals surface area (Å²) in [6.07, 6.45) is 4.88. The molecule has 0 spiro atoms. The minimum atomic E-state index is 0.0754. The van der Waals surface area contributed by atoms with Gasteiger partial charge in [0.15, 0.2) is 0 Å². The van der Waals surface area contributed by atoms with Gasteiger partial charge >= 0.3 is 0 Å². The molecular formula is C15H16N2O2S. The minimum absolute atomic E-state index is 0.0754. The first kappa shape index (κ1) is 13.1. The van der Waals surface area contributed by atoms with Gasteiger partial charge in [0.2, 0.25) is 5.91 Å². The molecule has 0 saturated carbocycles. The Morgan fingerprint density at radius 1 is 1.45 bits per heavy atom. The second-order valence-corrected chi connectivity index (χ2v) is 5.85. The van der Waals surface area contributed by atoms with Crippen LogP contribution in [0.3, 0.4) is 0 Å². The van der Waals surface area contributed by atoms with Crippen molar-refractivity contribution in [3.8, 4) is 5.75 Å². The predicted molar refractivity (Wildman–Crippen MR) is 77.9 cm³/mol. The molecule has 2 aromatic rings. The molecular weight excluding hydrogens is 272 g/mol. The summed E-state index contributed by atoms with van der Waals surface area (Å²) in [5, 5.41) is 2.00. The molecule has 1 amide bonds. The quantitative estimate of drug-likeness (QED) is 0.867. The first-order valence-corrected chi connectivity index (χ1v) is 7.56. The SMILES string of the molecule is O=C(Cc1cccs1)N1CCC(Oc2cccnc2)C1. The summed E-state index contributed by atoms with van der Waals surface area (Å²) in [5.74, 6) is 0.954. The minimum Gasteiger partial charge on any atom is -0.487 e. The van der Waals surface area contributed by atoms with Crippen molar-refractivity contribution in [2.24, 2.45) is 0 Å². The van der Waals surface area contributed by atoms with Gasteiger partial charge in [0, 0.05) is 24.0 Å². The van der Waals surface area contributed by atoms with E-state index in [1.165, 1.54) is 0 Å². The van der Waals surface area contributed by atoms with Crippen LogP contribution in [0.25, 0.3) is 0 Å². The van der Waals surface area contributed by atoms with Gasteiger partial charge in [0.1, 0.15) is 11.9 Å². The summed E-state index contributed by atoms with van der Waals surface area (Å²) in [6, 6.07) is 7.72. The zero-order chi connectivity index (χ0) is 13.8. The van der Waals surface area contributed by atoms with E-state index in [0.29, 0.717) is 13.0 Å². The van der Waals surface area contributed by atoms with Crippen molar-refractivity contribution in [3.63, 3.8) is 0 Å². The molecule has 2 aromatic heterocycles. The highest BCUT2D eigenvalue weighted by atomic mass is 32.1. The predicted octanol–water partition coefficient (Wildman–Crippen LogP) is 2.37. The summed E-state index contributed by atoms with van der Waals surface area (Å²) >= 11 is 1.63. The number of ether oxygens (including phenoxy) is 1. The van der Waals surface area contributed by atoms with Crippen LogP contribution < -0.4 is 4.74 Å². The third-order valence-corrected chi connectivity index (χ3v) is 4.22. The molecule has 104 valence electrons. The lowest BCUT2D eigenvalue weighted by Gasteiger charge is -2.16. The normalized spacial score (nSPS) is 18.2. The highest BCUT2D eigenvalue weighted by molar-refractivity contribution is 7.10. The average Bonchev–Trinajstić information content (AvgIpc) is 3.11. The third kappa shape index (κ3) is 3.17. The van der Waals surface area contributed by atoms with Gasteiger partial charge in [0.25, 0.3) is 0 Å². The zero-order valence-electron chi connectivity index (χ0n) is 11.1. The van der Waals surface area contributed by atoms with Gasteiger partial charge in [-0.25, -0.2) is 0 Å². The van der Waals surface area contributed by atoms with E-state index in [4.69, 9.17) is 4.74 Å². The number of carbonyl (C=O) groups is 1. The Morgan fingerprint density at radius 3 is 3.15 bits per heavy atom. The van der Waals surface area contributed by atoms with Crippen molar-refractivity contribution in [1.82, 2.24) is 9.88 Å². The van der Waals surface area contributed by atoms with Gasteiger partial charge in [-0.3, -0.25) is 9.78 Å². The first-order valence-electron chi connectivity index (χ1n) is 6.68. The highest BCUT2D eigenvalue weighted by Crippen LogP contribution is 2.19. The largest absolute Gasteiger partial charge is 0.487 e. The van der Waals surface area contributed by atoms with Crippen molar-refractivity contribution in [1.29, 1.82) is 0 Å². The number of hydrogen-bond donors (Lipinski definition) is 0. The lowest BCUT2D eigenvalue weighted by atomic mass is 10.3. The topological polar surface area (TPSA) is 42.4 Å². The van der Waals surface area contributed by atoms with E-state index in [2.05, 4.69) is 4.98 Å². The summed E-state index contributed by atoms with van der Waals surface area (Å²) in [5.41, 5.74) is 0. The molecule has 1 saturated heterocycles. The molecule has 0 aromatic carbocycles. The van der Waals surface area contributed by atoms with Crippen LogP contribution in [-0.4, -0.2) is 35.0 Å². The molecule has 1 atom stereocenters. The molecule has 3 heterocycles. The maximum absolute atomic E-state index is 12.2. The Bertz CT molecular complexity index is 557. The molecule has 5 heteroatoms. The van der Waals surface area contributed by atoms with Crippen LogP contribution in [0.1, 0.15) is 11.3 Å². The Hall–Kier alpha value is -1.88. The van der Waals surface area contributed by atoms with Crippen LogP contribution >= 0.6 is 11.3 Å². The maximum Gasteiger partial charge on any atom is 0.227 e. The average molecular weight is 288 g/mol. The van der Waals surface area contributed by atoms with Crippen LogP contribution in [0.4, 0.5) is 0 Å². The molecule has 1 fully saturated rings. The van der Waals surface area contributed by atoms with Gasteiger partial charge in [-0.1, -0.05) is 6.07 Å². The lowest BCUT2D eigenvalue weighted by molar-refractivity contribution is -0.129. The van der Waals surface area contributed by atoms with Crippen LogP contribution in [-0.2, 0) is 11.2 Å². The second kappa shape index (κ2) is 6.05. The second-order valence-electron chi connectivity index (χ2n) is 4.81. The van der Waals surface area contributed by atoms with Crippen LogP contribution in [0.5, 0.6) is 5.75 Å². The molecule has 1 aliphatic heterocycles. The number of nitrogens with zero attached hydrogens (tertiary/aromatic N) is 2. The van der Waals surface area contributed by atoms with Crippen molar-refractivity contribution >= 4 is 17.2 Å². The highest BCUT2D eigenvalue weighted by Gasteiger charge is 2.27. The number of likely N-dealkylation sites (tertiary alicyclic amines) is 1. The number of pyridine rings is 1. The molecule has 1 unspecified atom stereocenters. The maximum atomic E-state index is 12.2. The number of rotatable bonds is 4. The van der Waals surface area contributed by atoms with Crippen molar-refractivity contribution in [2.75, 3.05) is 13.1 Å². The molecule has 0 aliphatic carbocycles. The summed E-state index contributed by atoms with van der Waals surface area (Å²) in [7, 11) is 0. The van der Waals surface area contributed by atoms with E-state index in [9.17, 15) is 4.79 Å². The van der Waals surface area contributed by atoms with Crippen LogP contribution in [0.2, 0.25) is 0 Å². The standard InChI is InChI=1S/C15H16N2O2S/c18-15(9-14-4-2-8-20-14)17-7-5-13(11-17)19-12-3-1-6-16-10-12/h1-4,6,8,10,13H,5,7,9,11H2. The fourth-order valence-corrected chi connectivity index (χ4v) is 3.03.